The molecule has 0 aromatic carbocycles. The maximum absolute atomic E-state index is 12.3. The van der Waals surface area contributed by atoms with Crippen molar-refractivity contribution >= 4 is 31.6 Å². The second-order valence-electron chi connectivity index (χ2n) is 4.22. The van der Waals surface area contributed by atoms with Gasteiger partial charge in [0, 0.05) is 20.4 Å². The molecule has 0 aliphatic heterocycles. The molecule has 8 heteroatoms. The lowest BCUT2D eigenvalue weighted by atomic mass is 10.3. The first-order chi connectivity index (χ1) is 9.47. The van der Waals surface area contributed by atoms with Crippen LogP contribution in [0.2, 0.25) is 0 Å². The van der Waals surface area contributed by atoms with Gasteiger partial charge in [0.15, 0.2) is 6.29 Å². The Bertz CT molecular complexity index is 680. The number of ether oxygens (including phenoxy) is 2. The summed E-state index contributed by atoms with van der Waals surface area (Å²) >= 11 is 1.45. The first kappa shape index (κ1) is 15.3. The normalized spacial score (nSPS) is 14.0. The highest BCUT2D eigenvalue weighted by Gasteiger charge is 2.24. The third-order valence-corrected chi connectivity index (χ3v) is 5.18. The molecule has 0 radical (unpaired) electrons. The van der Waals surface area contributed by atoms with Gasteiger partial charge < -0.3 is 9.47 Å². The van der Waals surface area contributed by atoms with Gasteiger partial charge in [-0.05, 0) is 24.4 Å². The number of methoxy groups -OCH3 is 2. The summed E-state index contributed by atoms with van der Waals surface area (Å²) in [4.78, 5) is 4.26. The van der Waals surface area contributed by atoms with E-state index in [1.165, 1.54) is 31.8 Å². The zero-order valence-electron chi connectivity index (χ0n) is 11.4. The third-order valence-electron chi connectivity index (χ3n) is 2.80. The van der Waals surface area contributed by atoms with Gasteiger partial charge in [0.2, 0.25) is 10.0 Å². The van der Waals surface area contributed by atoms with E-state index in [4.69, 9.17) is 9.47 Å². The van der Waals surface area contributed by atoms with Gasteiger partial charge in [0.1, 0.15) is 4.90 Å². The monoisotopic (exact) mass is 316 g/mol. The standard InChI is InChI=1S/C12H16N2O4S2/c1-8(12(17-2)18-3)14-20(15,16)9-6-11-10(13-7-9)4-5-19-11/h4-8,12,14H,1-3H3. The van der Waals surface area contributed by atoms with E-state index >= 15 is 0 Å². The van der Waals surface area contributed by atoms with Crippen molar-refractivity contribution in [1.29, 1.82) is 0 Å². The quantitative estimate of drug-likeness (QED) is 0.819. The lowest BCUT2D eigenvalue weighted by Gasteiger charge is -2.21. The van der Waals surface area contributed by atoms with Gasteiger partial charge in [-0.1, -0.05) is 0 Å². The van der Waals surface area contributed by atoms with Gasteiger partial charge in [0.25, 0.3) is 0 Å². The third kappa shape index (κ3) is 3.15. The summed E-state index contributed by atoms with van der Waals surface area (Å²) in [6, 6.07) is 2.93. The molecule has 0 aliphatic rings. The van der Waals surface area contributed by atoms with Crippen molar-refractivity contribution in [2.45, 2.75) is 24.2 Å². The number of rotatable bonds is 6. The molecule has 0 aliphatic carbocycles. The molecule has 6 nitrogen and oxygen atoms in total. The second kappa shape index (κ2) is 6.15. The van der Waals surface area contributed by atoms with Gasteiger partial charge in [-0.15, -0.1) is 11.3 Å². The van der Waals surface area contributed by atoms with Crippen LogP contribution in [0.1, 0.15) is 6.92 Å². The Hall–Kier alpha value is -1.06. The van der Waals surface area contributed by atoms with Crippen molar-refractivity contribution in [3.63, 3.8) is 0 Å². The average molecular weight is 316 g/mol. The summed E-state index contributed by atoms with van der Waals surface area (Å²) in [5.41, 5.74) is 0.786. The van der Waals surface area contributed by atoms with Crippen molar-refractivity contribution in [2.75, 3.05) is 14.2 Å². The van der Waals surface area contributed by atoms with E-state index in [0.717, 1.165) is 10.2 Å². The minimum atomic E-state index is -3.66. The topological polar surface area (TPSA) is 77.5 Å². The Balaban J connectivity index is 2.25. The maximum atomic E-state index is 12.3. The van der Waals surface area contributed by atoms with Crippen LogP contribution in [0, 0.1) is 0 Å². The minimum Gasteiger partial charge on any atom is -0.354 e. The number of nitrogens with one attached hydrogen (secondary N) is 1. The van der Waals surface area contributed by atoms with E-state index in [1.54, 1.807) is 13.0 Å². The molecule has 1 unspecified atom stereocenters. The highest BCUT2D eigenvalue weighted by molar-refractivity contribution is 7.89. The zero-order chi connectivity index (χ0) is 14.8. The molecule has 0 spiro atoms. The predicted octanol–water partition coefficient (Wildman–Crippen LogP) is 1.58. The first-order valence-corrected chi connectivity index (χ1v) is 8.25. The van der Waals surface area contributed by atoms with E-state index in [2.05, 4.69) is 9.71 Å². The molecule has 0 saturated carbocycles. The molecule has 110 valence electrons. The number of nitrogens with zero attached hydrogens (tertiary/aromatic N) is 1. The van der Waals surface area contributed by atoms with Crippen LogP contribution in [0.3, 0.4) is 0 Å². The summed E-state index contributed by atoms with van der Waals surface area (Å²) in [7, 11) is -0.747. The molecular weight excluding hydrogens is 300 g/mol. The van der Waals surface area contributed by atoms with Gasteiger partial charge >= 0.3 is 0 Å². The highest BCUT2D eigenvalue weighted by Crippen LogP contribution is 2.22. The fourth-order valence-electron chi connectivity index (χ4n) is 1.85. The van der Waals surface area contributed by atoms with Crippen molar-refractivity contribution in [1.82, 2.24) is 9.71 Å². The zero-order valence-corrected chi connectivity index (χ0v) is 13.0. The molecular formula is C12H16N2O4S2. The molecule has 2 heterocycles. The fourth-order valence-corrected chi connectivity index (χ4v) is 3.90. The highest BCUT2D eigenvalue weighted by atomic mass is 32.2. The van der Waals surface area contributed by atoms with Crippen LogP contribution in [0.15, 0.2) is 28.6 Å². The van der Waals surface area contributed by atoms with Crippen molar-refractivity contribution in [3.05, 3.63) is 23.7 Å². The minimum absolute atomic E-state index is 0.130. The number of thiophene rings is 1. The van der Waals surface area contributed by atoms with E-state index in [-0.39, 0.29) is 4.90 Å². The number of sulfonamides is 1. The van der Waals surface area contributed by atoms with Crippen LogP contribution < -0.4 is 4.72 Å². The summed E-state index contributed by atoms with van der Waals surface area (Å²) in [5.74, 6) is 0. The van der Waals surface area contributed by atoms with Gasteiger partial charge in [0.05, 0.1) is 16.3 Å². The van der Waals surface area contributed by atoms with Crippen molar-refractivity contribution in [3.8, 4) is 0 Å². The van der Waals surface area contributed by atoms with Crippen LogP contribution in [-0.2, 0) is 19.5 Å². The number of pyridine rings is 1. The molecule has 2 aromatic rings. The Labute approximate surface area is 121 Å². The smallest absolute Gasteiger partial charge is 0.242 e. The Kier molecular flexibility index (Phi) is 4.71. The second-order valence-corrected chi connectivity index (χ2v) is 6.89. The van der Waals surface area contributed by atoms with Crippen molar-refractivity contribution in [2.24, 2.45) is 0 Å². The summed E-state index contributed by atoms with van der Waals surface area (Å²) in [6.45, 7) is 1.67. The van der Waals surface area contributed by atoms with E-state index < -0.39 is 22.4 Å². The molecule has 0 fully saturated rings. The Morgan fingerprint density at radius 1 is 1.35 bits per heavy atom. The molecule has 1 N–H and O–H groups in total. The van der Waals surface area contributed by atoms with Crippen LogP contribution in [0.25, 0.3) is 10.2 Å². The van der Waals surface area contributed by atoms with Crippen LogP contribution in [-0.4, -0.2) is 40.0 Å². The average Bonchev–Trinajstić information content (AvgIpc) is 2.86. The summed E-state index contributed by atoms with van der Waals surface area (Å²) < 4.78 is 38.0. The molecule has 1 atom stereocenters. The fraction of sp³-hybridized carbons (Fsp3) is 0.417. The number of fused-ring (bicyclic) bond motifs is 1. The summed E-state index contributed by atoms with van der Waals surface area (Å²) in [6.07, 6.45) is 0.696. The molecule has 0 amide bonds. The van der Waals surface area contributed by atoms with E-state index in [1.807, 2.05) is 11.4 Å². The SMILES string of the molecule is COC(OC)C(C)NS(=O)(=O)c1cnc2ccsc2c1. The Morgan fingerprint density at radius 2 is 2.05 bits per heavy atom. The first-order valence-electron chi connectivity index (χ1n) is 5.89. The lowest BCUT2D eigenvalue weighted by molar-refractivity contribution is -0.115. The Morgan fingerprint density at radius 3 is 2.70 bits per heavy atom. The lowest BCUT2D eigenvalue weighted by Crippen LogP contribution is -2.42. The molecule has 0 saturated heterocycles. The van der Waals surface area contributed by atoms with Gasteiger partial charge in [-0.3, -0.25) is 4.98 Å². The molecule has 2 aromatic heterocycles. The van der Waals surface area contributed by atoms with Crippen LogP contribution >= 0.6 is 11.3 Å². The number of hydrogen-bond donors (Lipinski definition) is 1. The van der Waals surface area contributed by atoms with Gasteiger partial charge in [-0.2, -0.15) is 0 Å². The van der Waals surface area contributed by atoms with Crippen LogP contribution in [0.4, 0.5) is 0 Å². The molecule has 20 heavy (non-hydrogen) atoms. The number of aromatic nitrogens is 1. The van der Waals surface area contributed by atoms with Crippen molar-refractivity contribution < 1.29 is 17.9 Å². The van der Waals surface area contributed by atoms with Crippen LogP contribution in [0.5, 0.6) is 0 Å². The maximum Gasteiger partial charge on any atom is 0.242 e. The largest absolute Gasteiger partial charge is 0.354 e. The van der Waals surface area contributed by atoms with E-state index in [9.17, 15) is 8.42 Å². The number of hydrogen-bond acceptors (Lipinski definition) is 6. The predicted molar refractivity (Wildman–Crippen MR) is 77.2 cm³/mol. The summed E-state index contributed by atoms with van der Waals surface area (Å²) in [5, 5.41) is 1.87. The molecule has 2 rings (SSSR count). The van der Waals surface area contributed by atoms with Gasteiger partial charge in [-0.25, -0.2) is 13.1 Å². The molecule has 0 bridgehead atoms. The van der Waals surface area contributed by atoms with E-state index in [0.29, 0.717) is 0 Å².